The van der Waals surface area contributed by atoms with Crippen molar-refractivity contribution in [1.82, 2.24) is 15.1 Å². The van der Waals surface area contributed by atoms with Crippen LogP contribution in [0, 0.1) is 0 Å². The number of carbonyl (C=O) groups excluding carboxylic acids is 1. The summed E-state index contributed by atoms with van der Waals surface area (Å²) in [6, 6.07) is 7.90. The summed E-state index contributed by atoms with van der Waals surface area (Å²) in [7, 11) is 4.10. The van der Waals surface area contributed by atoms with Crippen LogP contribution in [0.2, 0.25) is 5.02 Å². The molecule has 0 aliphatic carbocycles. The zero-order valence-electron chi connectivity index (χ0n) is 14.1. The Labute approximate surface area is 144 Å². The monoisotopic (exact) mass is 338 g/mol. The van der Waals surface area contributed by atoms with E-state index in [-0.39, 0.29) is 5.91 Å². The van der Waals surface area contributed by atoms with E-state index in [1.165, 1.54) is 0 Å². The molecular formula is C17H27ClN4O. The quantitative estimate of drug-likeness (QED) is 0.765. The topological polar surface area (TPSA) is 38.8 Å². The molecule has 2 rings (SSSR count). The van der Waals surface area contributed by atoms with E-state index in [0.717, 1.165) is 56.5 Å². The molecule has 1 N–H and O–H groups in total. The summed E-state index contributed by atoms with van der Waals surface area (Å²) in [5.74, 6) is 0.244. The van der Waals surface area contributed by atoms with Crippen molar-refractivity contribution in [1.29, 1.82) is 0 Å². The van der Waals surface area contributed by atoms with E-state index in [0.29, 0.717) is 6.42 Å². The van der Waals surface area contributed by atoms with Gasteiger partial charge in [0.15, 0.2) is 0 Å². The zero-order valence-corrected chi connectivity index (χ0v) is 14.9. The Balaban J connectivity index is 1.68. The Bertz CT molecular complexity index is 501. The molecule has 0 atom stereocenters. The molecule has 5 nitrogen and oxygen atoms in total. The van der Waals surface area contributed by atoms with Crippen molar-refractivity contribution >= 4 is 23.2 Å². The highest BCUT2D eigenvalue weighted by Crippen LogP contribution is 2.20. The molecule has 0 spiro atoms. The van der Waals surface area contributed by atoms with Crippen molar-refractivity contribution in [2.75, 3.05) is 64.8 Å². The lowest BCUT2D eigenvalue weighted by Crippen LogP contribution is -2.49. The Hall–Kier alpha value is -1.30. The van der Waals surface area contributed by atoms with E-state index < -0.39 is 0 Å². The molecule has 23 heavy (non-hydrogen) atoms. The third-order valence-corrected chi connectivity index (χ3v) is 4.29. The van der Waals surface area contributed by atoms with Crippen LogP contribution in [-0.4, -0.2) is 75.6 Å². The number of benzene rings is 1. The molecule has 1 aliphatic rings. The van der Waals surface area contributed by atoms with Crippen LogP contribution >= 0.6 is 11.6 Å². The van der Waals surface area contributed by atoms with Gasteiger partial charge in [0.25, 0.3) is 0 Å². The van der Waals surface area contributed by atoms with Crippen LogP contribution < -0.4 is 10.2 Å². The minimum atomic E-state index is 0.244. The number of nitrogens with one attached hydrogen (secondary N) is 1. The smallest absolute Gasteiger partial charge is 0.223 e. The van der Waals surface area contributed by atoms with Gasteiger partial charge in [-0.05, 0) is 32.3 Å². The van der Waals surface area contributed by atoms with Crippen LogP contribution in [0.15, 0.2) is 24.3 Å². The normalized spacial score (nSPS) is 15.3. The Morgan fingerprint density at radius 1 is 1.22 bits per heavy atom. The van der Waals surface area contributed by atoms with E-state index in [2.05, 4.69) is 21.2 Å². The molecule has 0 radical (unpaired) electrons. The number of nitrogens with zero attached hydrogens (tertiary/aromatic N) is 3. The predicted octanol–water partition coefficient (Wildman–Crippen LogP) is 1.53. The van der Waals surface area contributed by atoms with Gasteiger partial charge < -0.3 is 20.0 Å². The highest BCUT2D eigenvalue weighted by atomic mass is 35.5. The van der Waals surface area contributed by atoms with Gasteiger partial charge in [-0.25, -0.2) is 0 Å². The van der Waals surface area contributed by atoms with Crippen LogP contribution in [-0.2, 0) is 4.79 Å². The van der Waals surface area contributed by atoms with Crippen LogP contribution in [0.1, 0.15) is 6.42 Å². The maximum Gasteiger partial charge on any atom is 0.223 e. The number of amides is 1. The molecule has 0 saturated carbocycles. The lowest BCUT2D eigenvalue weighted by atomic mass is 10.2. The summed E-state index contributed by atoms with van der Waals surface area (Å²) < 4.78 is 0. The Morgan fingerprint density at radius 2 is 1.96 bits per heavy atom. The summed E-state index contributed by atoms with van der Waals surface area (Å²) in [6.07, 6.45) is 0.574. The minimum Gasteiger partial charge on any atom is -0.368 e. The van der Waals surface area contributed by atoms with Gasteiger partial charge in [-0.2, -0.15) is 0 Å². The van der Waals surface area contributed by atoms with E-state index in [1.807, 2.05) is 37.2 Å². The van der Waals surface area contributed by atoms with Crippen molar-refractivity contribution in [2.45, 2.75) is 6.42 Å². The maximum absolute atomic E-state index is 12.2. The number of halogens is 1. The molecule has 128 valence electrons. The number of anilines is 1. The lowest BCUT2D eigenvalue weighted by molar-refractivity contribution is -0.131. The SMILES string of the molecule is CN(C)CCNCCC(=O)N1CCN(c2cccc(Cl)c2)CC1. The minimum absolute atomic E-state index is 0.244. The molecule has 1 aromatic carbocycles. The summed E-state index contributed by atoms with van der Waals surface area (Å²) in [4.78, 5) is 18.6. The van der Waals surface area contributed by atoms with Gasteiger partial charge in [-0.3, -0.25) is 4.79 Å². The van der Waals surface area contributed by atoms with Crippen molar-refractivity contribution in [3.05, 3.63) is 29.3 Å². The Kier molecular flexibility index (Phi) is 7.15. The van der Waals surface area contributed by atoms with Gasteiger partial charge in [-0.15, -0.1) is 0 Å². The first-order valence-corrected chi connectivity index (χ1v) is 8.58. The molecule has 0 bridgehead atoms. The average Bonchev–Trinajstić information content (AvgIpc) is 2.54. The summed E-state index contributed by atoms with van der Waals surface area (Å²) in [6.45, 7) is 5.95. The van der Waals surface area contributed by atoms with Crippen molar-refractivity contribution in [3.8, 4) is 0 Å². The molecule has 1 amide bonds. The highest BCUT2D eigenvalue weighted by molar-refractivity contribution is 6.30. The number of carbonyl (C=O) groups is 1. The van der Waals surface area contributed by atoms with E-state index in [4.69, 9.17) is 11.6 Å². The second kappa shape index (κ2) is 9.11. The van der Waals surface area contributed by atoms with Crippen molar-refractivity contribution < 1.29 is 4.79 Å². The second-order valence-corrected chi connectivity index (χ2v) is 6.59. The fourth-order valence-electron chi connectivity index (χ4n) is 2.67. The molecule has 6 heteroatoms. The summed E-state index contributed by atoms with van der Waals surface area (Å²) >= 11 is 6.04. The van der Waals surface area contributed by atoms with Crippen LogP contribution in [0.4, 0.5) is 5.69 Å². The predicted molar refractivity (Wildman–Crippen MR) is 96.3 cm³/mol. The fourth-order valence-corrected chi connectivity index (χ4v) is 2.85. The number of rotatable bonds is 7. The average molecular weight is 339 g/mol. The van der Waals surface area contributed by atoms with E-state index in [9.17, 15) is 4.79 Å². The third kappa shape index (κ3) is 6.01. The van der Waals surface area contributed by atoms with Crippen LogP contribution in [0.5, 0.6) is 0 Å². The van der Waals surface area contributed by atoms with E-state index in [1.54, 1.807) is 0 Å². The first-order valence-electron chi connectivity index (χ1n) is 8.20. The molecule has 1 aromatic rings. The summed E-state index contributed by atoms with van der Waals surface area (Å²) in [5, 5.41) is 4.07. The largest absolute Gasteiger partial charge is 0.368 e. The lowest BCUT2D eigenvalue weighted by Gasteiger charge is -2.36. The van der Waals surface area contributed by atoms with E-state index >= 15 is 0 Å². The fraction of sp³-hybridized carbons (Fsp3) is 0.588. The standard InChI is InChI=1S/C17H27ClN4O/c1-20(2)9-8-19-7-6-17(23)22-12-10-21(11-13-22)16-5-3-4-15(18)14-16/h3-5,14,19H,6-13H2,1-2H3. The molecule has 1 heterocycles. The number of hydrogen-bond acceptors (Lipinski definition) is 4. The van der Waals surface area contributed by atoms with Gasteiger partial charge in [0.1, 0.15) is 0 Å². The molecular weight excluding hydrogens is 312 g/mol. The van der Waals surface area contributed by atoms with Gasteiger partial charge in [0, 0.05) is 62.9 Å². The molecule has 1 saturated heterocycles. The number of likely N-dealkylation sites (N-methyl/N-ethyl adjacent to an activating group) is 1. The van der Waals surface area contributed by atoms with Crippen molar-refractivity contribution in [3.63, 3.8) is 0 Å². The molecule has 1 fully saturated rings. The zero-order chi connectivity index (χ0) is 16.7. The van der Waals surface area contributed by atoms with Crippen LogP contribution in [0.3, 0.4) is 0 Å². The maximum atomic E-state index is 12.2. The van der Waals surface area contributed by atoms with Gasteiger partial charge in [-0.1, -0.05) is 17.7 Å². The first kappa shape index (κ1) is 18.0. The molecule has 1 aliphatic heterocycles. The number of piperazine rings is 1. The second-order valence-electron chi connectivity index (χ2n) is 6.15. The Morgan fingerprint density at radius 3 is 2.61 bits per heavy atom. The van der Waals surface area contributed by atoms with Crippen LogP contribution in [0.25, 0.3) is 0 Å². The number of hydrogen-bond donors (Lipinski definition) is 1. The molecule has 0 unspecified atom stereocenters. The van der Waals surface area contributed by atoms with Gasteiger partial charge in [0.2, 0.25) is 5.91 Å². The van der Waals surface area contributed by atoms with Gasteiger partial charge in [0.05, 0.1) is 0 Å². The van der Waals surface area contributed by atoms with Crippen molar-refractivity contribution in [2.24, 2.45) is 0 Å². The highest BCUT2D eigenvalue weighted by Gasteiger charge is 2.20. The van der Waals surface area contributed by atoms with Gasteiger partial charge >= 0.3 is 0 Å². The first-order chi connectivity index (χ1) is 11.1. The summed E-state index contributed by atoms with van der Waals surface area (Å²) in [5.41, 5.74) is 1.13. The third-order valence-electron chi connectivity index (χ3n) is 4.06. The molecule has 0 aromatic heterocycles.